The molecular formula is C25H17NO5. The van der Waals surface area contributed by atoms with Crippen LogP contribution in [0.3, 0.4) is 0 Å². The molecule has 152 valence electrons. The number of allylic oxidation sites excluding steroid dienone is 2. The SMILES string of the molecule is O=C1/C(=C/c2ccc3c(c2)OCO3)Cc2ccccc2/C1=C\c1ccc([N+](=O)[O-])cc1. The maximum absolute atomic E-state index is 13.4. The lowest BCUT2D eigenvalue weighted by Gasteiger charge is -2.21. The number of carbonyl (C=O) groups excluding carboxylic acids is 1. The van der Waals surface area contributed by atoms with Crippen molar-refractivity contribution < 1.29 is 19.2 Å². The Kier molecular flexibility index (Phi) is 4.59. The molecule has 0 saturated heterocycles. The molecule has 0 spiro atoms. The van der Waals surface area contributed by atoms with E-state index in [2.05, 4.69) is 0 Å². The van der Waals surface area contributed by atoms with Gasteiger partial charge in [-0.1, -0.05) is 30.3 Å². The Labute approximate surface area is 178 Å². The monoisotopic (exact) mass is 411 g/mol. The van der Waals surface area contributed by atoms with Crippen molar-refractivity contribution in [2.75, 3.05) is 6.79 Å². The predicted molar refractivity (Wildman–Crippen MR) is 117 cm³/mol. The molecule has 3 aromatic carbocycles. The van der Waals surface area contributed by atoms with Gasteiger partial charge in [-0.2, -0.15) is 0 Å². The molecule has 0 atom stereocenters. The van der Waals surface area contributed by atoms with E-state index >= 15 is 0 Å². The molecule has 3 aromatic rings. The average molecular weight is 411 g/mol. The summed E-state index contributed by atoms with van der Waals surface area (Å²) in [5, 5.41) is 10.9. The number of benzene rings is 3. The van der Waals surface area contributed by atoms with Crippen molar-refractivity contribution in [3.63, 3.8) is 0 Å². The fourth-order valence-corrected chi connectivity index (χ4v) is 3.84. The van der Waals surface area contributed by atoms with Crippen LogP contribution in [0.15, 0.2) is 72.3 Å². The van der Waals surface area contributed by atoms with Crippen molar-refractivity contribution >= 4 is 29.2 Å². The zero-order chi connectivity index (χ0) is 21.4. The lowest BCUT2D eigenvalue weighted by molar-refractivity contribution is -0.384. The molecule has 0 fully saturated rings. The Morgan fingerprint density at radius 2 is 1.61 bits per heavy atom. The molecule has 2 aliphatic rings. The molecule has 6 heteroatoms. The molecule has 1 heterocycles. The molecule has 1 aliphatic heterocycles. The van der Waals surface area contributed by atoms with Crippen molar-refractivity contribution in [1.29, 1.82) is 0 Å². The normalized spacial score (nSPS) is 17.1. The van der Waals surface area contributed by atoms with Gasteiger partial charge < -0.3 is 9.47 Å². The number of carbonyl (C=O) groups is 1. The Bertz CT molecular complexity index is 1270. The van der Waals surface area contributed by atoms with Crippen molar-refractivity contribution in [3.8, 4) is 11.5 Å². The van der Waals surface area contributed by atoms with E-state index in [1.54, 1.807) is 18.2 Å². The third kappa shape index (κ3) is 3.59. The number of nitrogens with zero attached hydrogens (tertiary/aromatic N) is 1. The van der Waals surface area contributed by atoms with Gasteiger partial charge >= 0.3 is 0 Å². The van der Waals surface area contributed by atoms with Crippen LogP contribution in [0, 0.1) is 10.1 Å². The van der Waals surface area contributed by atoms with Gasteiger partial charge in [-0.15, -0.1) is 0 Å². The zero-order valence-electron chi connectivity index (χ0n) is 16.4. The number of hydrogen-bond donors (Lipinski definition) is 0. The van der Waals surface area contributed by atoms with Gasteiger partial charge in [0, 0.05) is 29.7 Å². The summed E-state index contributed by atoms with van der Waals surface area (Å²) < 4.78 is 10.8. The van der Waals surface area contributed by atoms with Crippen LogP contribution in [0.5, 0.6) is 11.5 Å². The van der Waals surface area contributed by atoms with Crippen molar-refractivity contribution in [1.82, 2.24) is 0 Å². The number of hydrogen-bond acceptors (Lipinski definition) is 5. The largest absolute Gasteiger partial charge is 0.454 e. The molecule has 0 bridgehead atoms. The molecule has 31 heavy (non-hydrogen) atoms. The summed E-state index contributed by atoms with van der Waals surface area (Å²) in [5.41, 5.74) is 4.79. The Morgan fingerprint density at radius 1 is 0.871 bits per heavy atom. The summed E-state index contributed by atoms with van der Waals surface area (Å²) in [5.74, 6) is 1.30. The van der Waals surface area contributed by atoms with Crippen LogP contribution >= 0.6 is 0 Å². The second-order valence-electron chi connectivity index (χ2n) is 7.35. The van der Waals surface area contributed by atoms with E-state index in [4.69, 9.17) is 9.47 Å². The van der Waals surface area contributed by atoms with Crippen molar-refractivity contribution in [2.24, 2.45) is 0 Å². The van der Waals surface area contributed by atoms with Crippen LogP contribution in [0.1, 0.15) is 22.3 Å². The first-order valence-electron chi connectivity index (χ1n) is 9.78. The molecule has 0 amide bonds. The van der Waals surface area contributed by atoms with E-state index in [-0.39, 0.29) is 18.3 Å². The van der Waals surface area contributed by atoms with Crippen LogP contribution in [0.2, 0.25) is 0 Å². The molecule has 0 unspecified atom stereocenters. The number of ether oxygens (including phenoxy) is 2. The van der Waals surface area contributed by atoms with Gasteiger partial charge in [0.1, 0.15) is 0 Å². The van der Waals surface area contributed by atoms with E-state index < -0.39 is 4.92 Å². The third-order valence-electron chi connectivity index (χ3n) is 5.38. The minimum atomic E-state index is -0.440. The summed E-state index contributed by atoms with van der Waals surface area (Å²) in [6.07, 6.45) is 4.20. The fourth-order valence-electron chi connectivity index (χ4n) is 3.84. The number of Topliss-reactive ketones (excluding diaryl/α,β-unsaturated/α-hetero) is 1. The molecule has 1 aliphatic carbocycles. The summed E-state index contributed by atoms with van der Waals surface area (Å²) in [4.78, 5) is 23.9. The molecule has 0 aromatic heterocycles. The fraction of sp³-hybridized carbons (Fsp3) is 0.0800. The topological polar surface area (TPSA) is 78.7 Å². The second kappa shape index (κ2) is 7.57. The number of rotatable bonds is 3. The number of nitro benzene ring substituents is 1. The van der Waals surface area contributed by atoms with Crippen LogP contribution < -0.4 is 9.47 Å². The van der Waals surface area contributed by atoms with E-state index in [1.807, 2.05) is 48.5 Å². The van der Waals surface area contributed by atoms with Crippen molar-refractivity contribution in [3.05, 3.63) is 105 Å². The highest BCUT2D eigenvalue weighted by molar-refractivity contribution is 6.35. The second-order valence-corrected chi connectivity index (χ2v) is 7.35. The highest BCUT2D eigenvalue weighted by Gasteiger charge is 2.26. The quantitative estimate of drug-likeness (QED) is 0.341. The van der Waals surface area contributed by atoms with Crippen LogP contribution in [0.4, 0.5) is 5.69 Å². The summed E-state index contributed by atoms with van der Waals surface area (Å²) >= 11 is 0. The minimum Gasteiger partial charge on any atom is -0.454 e. The number of fused-ring (bicyclic) bond motifs is 2. The highest BCUT2D eigenvalue weighted by Crippen LogP contribution is 2.36. The Hall–Kier alpha value is -4.19. The van der Waals surface area contributed by atoms with Crippen LogP contribution in [-0.2, 0) is 11.2 Å². The van der Waals surface area contributed by atoms with E-state index in [0.717, 1.165) is 22.3 Å². The van der Waals surface area contributed by atoms with E-state index in [1.165, 1.54) is 12.1 Å². The van der Waals surface area contributed by atoms with Gasteiger partial charge in [0.05, 0.1) is 4.92 Å². The van der Waals surface area contributed by atoms with E-state index in [0.29, 0.717) is 29.1 Å². The van der Waals surface area contributed by atoms with Crippen molar-refractivity contribution in [2.45, 2.75) is 6.42 Å². The number of ketones is 1. The summed E-state index contributed by atoms with van der Waals surface area (Å²) in [6, 6.07) is 19.6. The smallest absolute Gasteiger partial charge is 0.269 e. The Morgan fingerprint density at radius 3 is 2.42 bits per heavy atom. The maximum Gasteiger partial charge on any atom is 0.269 e. The van der Waals surface area contributed by atoms with Gasteiger partial charge in [0.25, 0.3) is 5.69 Å². The molecule has 0 saturated carbocycles. The lowest BCUT2D eigenvalue weighted by Crippen LogP contribution is -2.15. The molecule has 6 nitrogen and oxygen atoms in total. The number of nitro groups is 1. The molecule has 5 rings (SSSR count). The van der Waals surface area contributed by atoms with Gasteiger partial charge in [0.15, 0.2) is 17.3 Å². The first kappa shape index (κ1) is 18.8. The van der Waals surface area contributed by atoms with Gasteiger partial charge in [-0.3, -0.25) is 14.9 Å². The minimum absolute atomic E-state index is 0.0147. The molecule has 0 N–H and O–H groups in total. The third-order valence-corrected chi connectivity index (χ3v) is 5.38. The first-order valence-corrected chi connectivity index (χ1v) is 9.78. The lowest BCUT2D eigenvalue weighted by atomic mass is 9.81. The van der Waals surface area contributed by atoms with Crippen LogP contribution in [-0.4, -0.2) is 17.5 Å². The molecular weight excluding hydrogens is 394 g/mol. The predicted octanol–water partition coefficient (Wildman–Crippen LogP) is 5.07. The zero-order valence-corrected chi connectivity index (χ0v) is 16.4. The molecule has 0 radical (unpaired) electrons. The summed E-state index contributed by atoms with van der Waals surface area (Å²) in [7, 11) is 0. The summed E-state index contributed by atoms with van der Waals surface area (Å²) in [6.45, 7) is 0.198. The van der Waals surface area contributed by atoms with Gasteiger partial charge in [-0.25, -0.2) is 0 Å². The first-order chi connectivity index (χ1) is 15.1. The average Bonchev–Trinajstić information content (AvgIpc) is 3.25. The van der Waals surface area contributed by atoms with E-state index in [9.17, 15) is 14.9 Å². The maximum atomic E-state index is 13.4. The van der Waals surface area contributed by atoms with Crippen LogP contribution in [0.25, 0.3) is 17.7 Å². The van der Waals surface area contributed by atoms with Gasteiger partial charge in [-0.05, 0) is 58.7 Å². The number of non-ortho nitro benzene ring substituents is 1. The van der Waals surface area contributed by atoms with Gasteiger partial charge in [0.2, 0.25) is 6.79 Å². The Balaban J connectivity index is 1.56. The standard InChI is InChI=1S/C25H17NO5/c27-25-19(11-17-7-10-23-24(13-17)31-15-30-23)14-18-3-1-2-4-21(18)22(25)12-16-5-8-20(9-6-16)26(28)29/h1-13H,14-15H2/b19-11+,22-12+. The highest BCUT2D eigenvalue weighted by atomic mass is 16.7.